The molecule has 1 aromatic rings. The lowest BCUT2D eigenvalue weighted by Gasteiger charge is -2.32. The van der Waals surface area contributed by atoms with Crippen molar-refractivity contribution in [3.63, 3.8) is 0 Å². The summed E-state index contributed by atoms with van der Waals surface area (Å²) in [5.74, 6) is -1.52. The minimum Gasteiger partial charge on any atom is -0.319 e. The zero-order valence-electron chi connectivity index (χ0n) is 18.3. The highest BCUT2D eigenvalue weighted by Crippen LogP contribution is 2.50. The molecular weight excluding hydrogens is 416 g/mol. The zero-order valence-corrected chi connectivity index (χ0v) is 18.3. The largest absolute Gasteiger partial charge is 0.334 e. The lowest BCUT2D eigenvalue weighted by Crippen LogP contribution is -2.45. The molecule has 5 amide bonds. The van der Waals surface area contributed by atoms with E-state index in [1.54, 1.807) is 26.8 Å². The fourth-order valence-electron chi connectivity index (χ4n) is 5.53. The van der Waals surface area contributed by atoms with Crippen molar-refractivity contribution in [3.05, 3.63) is 33.4 Å². The first-order valence-corrected chi connectivity index (χ1v) is 10.8. The van der Waals surface area contributed by atoms with Crippen molar-refractivity contribution in [2.45, 2.75) is 52.5 Å². The number of hydrogen-bond acceptors (Lipinski definition) is 6. The van der Waals surface area contributed by atoms with Crippen LogP contribution in [0.2, 0.25) is 0 Å². The molecule has 3 fully saturated rings. The van der Waals surface area contributed by atoms with Gasteiger partial charge in [-0.1, -0.05) is 12.5 Å². The third-order valence-electron chi connectivity index (χ3n) is 7.38. The number of rotatable bonds is 6. The molecule has 10 nitrogen and oxygen atoms in total. The molecule has 1 saturated heterocycles. The first-order chi connectivity index (χ1) is 15.1. The van der Waals surface area contributed by atoms with Gasteiger partial charge in [0, 0.05) is 12.1 Å². The quantitative estimate of drug-likeness (QED) is 0.312. The first-order valence-electron chi connectivity index (χ1n) is 10.8. The Hall–Kier alpha value is -3.30. The average molecular weight is 442 g/mol. The van der Waals surface area contributed by atoms with Gasteiger partial charge in [0.2, 0.25) is 5.91 Å². The van der Waals surface area contributed by atoms with Crippen LogP contribution >= 0.6 is 0 Å². The average Bonchev–Trinajstić information content (AvgIpc) is 3.42. The molecule has 1 aromatic carbocycles. The number of benzene rings is 1. The van der Waals surface area contributed by atoms with Gasteiger partial charge in [0.05, 0.1) is 4.92 Å². The first kappa shape index (κ1) is 21.9. The minimum atomic E-state index is -1.05. The Morgan fingerprint density at radius 1 is 1.19 bits per heavy atom. The predicted octanol–water partition coefficient (Wildman–Crippen LogP) is 2.77. The molecule has 1 N–H and O–H groups in total. The number of nitro groups is 1. The van der Waals surface area contributed by atoms with Gasteiger partial charge in [0.1, 0.15) is 12.2 Å². The number of carbonyl (C=O) groups is 4. The summed E-state index contributed by atoms with van der Waals surface area (Å²) >= 11 is 0. The molecule has 0 spiro atoms. The van der Waals surface area contributed by atoms with E-state index < -0.39 is 41.3 Å². The van der Waals surface area contributed by atoms with Gasteiger partial charge in [-0.3, -0.25) is 29.4 Å². The van der Waals surface area contributed by atoms with Crippen molar-refractivity contribution in [1.82, 2.24) is 9.80 Å². The van der Waals surface area contributed by atoms with Crippen LogP contribution in [0.4, 0.5) is 16.2 Å². The van der Waals surface area contributed by atoms with E-state index in [4.69, 9.17) is 0 Å². The molecule has 170 valence electrons. The molecule has 4 rings (SSSR count). The summed E-state index contributed by atoms with van der Waals surface area (Å²) < 4.78 is 0. The molecule has 3 aliphatic rings. The Balaban J connectivity index is 1.49. The molecule has 2 bridgehead atoms. The fraction of sp³-hybridized carbons (Fsp3) is 0.545. The van der Waals surface area contributed by atoms with Crippen LogP contribution in [-0.2, 0) is 14.4 Å². The molecule has 1 aliphatic heterocycles. The second-order valence-corrected chi connectivity index (χ2v) is 9.14. The SMILES string of the molecule is Cc1ccc([N+](=O)[O-])c(NC(=O)CN2C(=O)C(=O)N([C@H](C)[C@@H]3C[C@H]4CC[C@H]3C4)C2=O)c1C. The molecular formula is C22H26N4O6. The summed E-state index contributed by atoms with van der Waals surface area (Å²) in [6.45, 7) is 4.48. The number of nitro benzene ring substituents is 1. The summed E-state index contributed by atoms with van der Waals surface area (Å²) in [5.41, 5.74) is 0.968. The van der Waals surface area contributed by atoms with Gasteiger partial charge in [-0.25, -0.2) is 9.69 Å². The number of aryl methyl sites for hydroxylation is 1. The van der Waals surface area contributed by atoms with E-state index in [1.165, 1.54) is 12.5 Å². The number of carbonyl (C=O) groups excluding carboxylic acids is 4. The third-order valence-corrected chi connectivity index (χ3v) is 7.38. The van der Waals surface area contributed by atoms with E-state index in [9.17, 15) is 29.3 Å². The summed E-state index contributed by atoms with van der Waals surface area (Å²) in [6, 6.07) is 1.64. The molecule has 4 atom stereocenters. The second kappa shape index (κ2) is 7.99. The van der Waals surface area contributed by atoms with Gasteiger partial charge in [0.25, 0.3) is 5.69 Å². The Labute approximate surface area is 185 Å². The van der Waals surface area contributed by atoms with E-state index in [1.807, 2.05) is 0 Å². The van der Waals surface area contributed by atoms with Crippen LogP contribution in [0.15, 0.2) is 12.1 Å². The van der Waals surface area contributed by atoms with Crippen molar-refractivity contribution in [3.8, 4) is 0 Å². The predicted molar refractivity (Wildman–Crippen MR) is 114 cm³/mol. The van der Waals surface area contributed by atoms with Crippen LogP contribution in [0.1, 0.15) is 43.7 Å². The van der Waals surface area contributed by atoms with Crippen molar-refractivity contribution in [1.29, 1.82) is 0 Å². The molecule has 10 heteroatoms. The van der Waals surface area contributed by atoms with Crippen LogP contribution < -0.4 is 5.32 Å². The fourth-order valence-corrected chi connectivity index (χ4v) is 5.53. The lowest BCUT2D eigenvalue weighted by molar-refractivity contribution is -0.384. The van der Waals surface area contributed by atoms with E-state index in [-0.39, 0.29) is 17.3 Å². The van der Waals surface area contributed by atoms with Crippen LogP contribution in [0.25, 0.3) is 0 Å². The van der Waals surface area contributed by atoms with Crippen molar-refractivity contribution in [2.24, 2.45) is 17.8 Å². The van der Waals surface area contributed by atoms with Gasteiger partial charge in [-0.2, -0.15) is 0 Å². The topological polar surface area (TPSA) is 130 Å². The van der Waals surface area contributed by atoms with Crippen LogP contribution in [0.5, 0.6) is 0 Å². The summed E-state index contributed by atoms with van der Waals surface area (Å²) in [4.78, 5) is 63.0. The minimum absolute atomic E-state index is 0.0117. The number of nitrogens with zero attached hydrogens (tertiary/aromatic N) is 3. The molecule has 2 aliphatic carbocycles. The van der Waals surface area contributed by atoms with Crippen molar-refractivity contribution < 1.29 is 24.1 Å². The van der Waals surface area contributed by atoms with Crippen molar-refractivity contribution >= 4 is 35.1 Å². The highest BCUT2D eigenvalue weighted by atomic mass is 16.6. The molecule has 0 aromatic heterocycles. The summed E-state index contributed by atoms with van der Waals surface area (Å²) in [7, 11) is 0. The van der Waals surface area contributed by atoms with Gasteiger partial charge in [-0.15, -0.1) is 0 Å². The van der Waals surface area contributed by atoms with E-state index in [2.05, 4.69) is 5.32 Å². The van der Waals surface area contributed by atoms with E-state index in [0.29, 0.717) is 22.3 Å². The Morgan fingerprint density at radius 3 is 2.50 bits per heavy atom. The third kappa shape index (κ3) is 3.53. The molecule has 2 saturated carbocycles. The smallest absolute Gasteiger partial charge is 0.319 e. The monoisotopic (exact) mass is 442 g/mol. The van der Waals surface area contributed by atoms with Gasteiger partial charge < -0.3 is 5.32 Å². The van der Waals surface area contributed by atoms with Gasteiger partial charge >= 0.3 is 17.8 Å². The number of amides is 5. The Morgan fingerprint density at radius 2 is 1.91 bits per heavy atom. The summed E-state index contributed by atoms with van der Waals surface area (Å²) in [5, 5.41) is 13.8. The number of hydrogen-bond donors (Lipinski definition) is 1. The lowest BCUT2D eigenvalue weighted by atomic mass is 9.83. The number of imide groups is 2. The van der Waals surface area contributed by atoms with Gasteiger partial charge in [0.15, 0.2) is 0 Å². The van der Waals surface area contributed by atoms with Crippen LogP contribution in [0, 0.1) is 41.7 Å². The summed E-state index contributed by atoms with van der Waals surface area (Å²) in [6.07, 6.45) is 4.28. The van der Waals surface area contributed by atoms with Crippen molar-refractivity contribution in [2.75, 3.05) is 11.9 Å². The van der Waals surface area contributed by atoms with Gasteiger partial charge in [-0.05, 0) is 68.9 Å². The maximum Gasteiger partial charge on any atom is 0.334 e. The van der Waals surface area contributed by atoms with Crippen LogP contribution in [-0.4, -0.2) is 51.1 Å². The molecule has 0 radical (unpaired) electrons. The zero-order chi connectivity index (χ0) is 23.3. The van der Waals surface area contributed by atoms with E-state index >= 15 is 0 Å². The number of anilines is 1. The number of nitrogens with one attached hydrogen (secondary N) is 1. The van der Waals surface area contributed by atoms with E-state index in [0.717, 1.165) is 29.7 Å². The van der Waals surface area contributed by atoms with Crippen LogP contribution in [0.3, 0.4) is 0 Å². The molecule has 32 heavy (non-hydrogen) atoms. The highest BCUT2D eigenvalue weighted by molar-refractivity contribution is 6.45. The maximum atomic E-state index is 12.9. The standard InChI is InChI=1S/C22H26N4O6/c1-11-4-7-17(26(31)32)19(12(11)2)23-18(27)10-24-20(28)21(29)25(22(24)30)13(3)16-9-14-5-6-15(16)8-14/h4,7,13-16H,5-6,8-10H2,1-3H3,(H,23,27)/t13-,14+,15+,16+/m1/s1. The second-order valence-electron chi connectivity index (χ2n) is 9.14. The Kier molecular flexibility index (Phi) is 5.47. The molecule has 1 heterocycles. The Bertz CT molecular complexity index is 1040. The number of fused-ring (bicyclic) bond motifs is 2. The maximum absolute atomic E-state index is 12.9. The highest BCUT2D eigenvalue weighted by Gasteiger charge is 2.52. The molecule has 0 unspecified atom stereocenters. The number of urea groups is 1. The normalized spacial score (nSPS) is 25.6.